The molecule has 1 aromatic rings. The summed E-state index contributed by atoms with van der Waals surface area (Å²) in [7, 11) is 0. The summed E-state index contributed by atoms with van der Waals surface area (Å²) >= 11 is 0. The van der Waals surface area contributed by atoms with Crippen LogP contribution in [0.25, 0.3) is 0 Å². The molecule has 21 heavy (non-hydrogen) atoms. The first kappa shape index (κ1) is 15.8. The molecule has 1 saturated carbocycles. The van der Waals surface area contributed by atoms with Crippen molar-refractivity contribution in [2.45, 2.75) is 46.0 Å². The Morgan fingerprint density at radius 1 is 1.10 bits per heavy atom. The van der Waals surface area contributed by atoms with Crippen LogP contribution in [0.3, 0.4) is 0 Å². The molecule has 1 aromatic carbocycles. The third-order valence-electron chi connectivity index (χ3n) is 4.18. The van der Waals surface area contributed by atoms with E-state index in [1.807, 2.05) is 0 Å². The summed E-state index contributed by atoms with van der Waals surface area (Å²) in [4.78, 5) is 0. The van der Waals surface area contributed by atoms with Crippen LogP contribution in [0.15, 0.2) is 12.1 Å². The highest BCUT2D eigenvalue weighted by molar-refractivity contribution is 5.41. The predicted octanol–water partition coefficient (Wildman–Crippen LogP) is 4.93. The molecule has 3 heteroatoms. The Morgan fingerprint density at radius 2 is 1.81 bits per heavy atom. The fourth-order valence-electron chi connectivity index (χ4n) is 2.79. The molecule has 0 atom stereocenters. The molecule has 1 aliphatic carbocycles. The molecule has 0 saturated heterocycles. The standard InChI is InChI=1S/C18H22F2O/c1-3-13-5-7-14(8-6-13)9-10-15-11-12-16(21-4-2)18(20)17(15)19/h11-14H,3-8H2,1-2H3/t13-,14-. The lowest BCUT2D eigenvalue weighted by molar-refractivity contribution is 0.309. The van der Waals surface area contributed by atoms with E-state index in [4.69, 9.17) is 4.74 Å². The maximum atomic E-state index is 13.9. The van der Waals surface area contributed by atoms with Gasteiger partial charge in [0.25, 0.3) is 0 Å². The van der Waals surface area contributed by atoms with Crippen LogP contribution >= 0.6 is 0 Å². The van der Waals surface area contributed by atoms with E-state index < -0.39 is 11.6 Å². The van der Waals surface area contributed by atoms with Crippen LogP contribution < -0.4 is 4.74 Å². The second kappa shape index (κ2) is 7.45. The van der Waals surface area contributed by atoms with Crippen molar-refractivity contribution in [3.63, 3.8) is 0 Å². The van der Waals surface area contributed by atoms with Gasteiger partial charge in [0.05, 0.1) is 12.2 Å². The third-order valence-corrected chi connectivity index (χ3v) is 4.18. The summed E-state index contributed by atoms with van der Waals surface area (Å²) < 4.78 is 32.7. The first-order chi connectivity index (χ1) is 10.2. The Morgan fingerprint density at radius 3 is 2.43 bits per heavy atom. The Kier molecular flexibility index (Phi) is 5.61. The van der Waals surface area contributed by atoms with Crippen LogP contribution in [-0.4, -0.2) is 6.61 Å². The highest BCUT2D eigenvalue weighted by Crippen LogP contribution is 2.30. The van der Waals surface area contributed by atoms with Crippen LogP contribution in [0.1, 0.15) is 51.5 Å². The van der Waals surface area contributed by atoms with Crippen molar-refractivity contribution in [2.75, 3.05) is 6.61 Å². The molecule has 0 aliphatic heterocycles. The molecule has 1 fully saturated rings. The maximum Gasteiger partial charge on any atom is 0.201 e. The van der Waals surface area contributed by atoms with Gasteiger partial charge in [-0.05, 0) is 50.7 Å². The SMILES string of the molecule is CCOc1ccc(C#C[C@H]2CC[C@H](CC)CC2)c(F)c1F. The van der Waals surface area contributed by atoms with E-state index in [1.54, 1.807) is 6.92 Å². The minimum absolute atomic E-state index is 0.0518. The number of hydrogen-bond donors (Lipinski definition) is 0. The number of ether oxygens (including phenoxy) is 1. The monoisotopic (exact) mass is 292 g/mol. The van der Waals surface area contributed by atoms with Gasteiger partial charge in [-0.3, -0.25) is 0 Å². The van der Waals surface area contributed by atoms with Gasteiger partial charge in [-0.25, -0.2) is 4.39 Å². The molecular formula is C18H22F2O. The molecule has 0 bridgehead atoms. The largest absolute Gasteiger partial charge is 0.491 e. The first-order valence-corrected chi connectivity index (χ1v) is 7.78. The number of benzene rings is 1. The van der Waals surface area contributed by atoms with Crippen molar-refractivity contribution in [1.82, 2.24) is 0 Å². The maximum absolute atomic E-state index is 13.9. The van der Waals surface area contributed by atoms with Gasteiger partial charge in [-0.2, -0.15) is 4.39 Å². The predicted molar refractivity (Wildman–Crippen MR) is 80.1 cm³/mol. The minimum atomic E-state index is -0.946. The first-order valence-electron chi connectivity index (χ1n) is 7.78. The zero-order valence-electron chi connectivity index (χ0n) is 12.7. The van der Waals surface area contributed by atoms with Crippen molar-refractivity contribution < 1.29 is 13.5 Å². The smallest absolute Gasteiger partial charge is 0.201 e. The van der Waals surface area contributed by atoms with E-state index >= 15 is 0 Å². The summed E-state index contributed by atoms with van der Waals surface area (Å²) in [5.41, 5.74) is 0.119. The summed E-state index contributed by atoms with van der Waals surface area (Å²) in [6.07, 6.45) is 5.73. The van der Waals surface area contributed by atoms with E-state index in [-0.39, 0.29) is 11.3 Å². The fourth-order valence-corrected chi connectivity index (χ4v) is 2.79. The molecule has 0 N–H and O–H groups in total. The Balaban J connectivity index is 2.07. The number of hydrogen-bond acceptors (Lipinski definition) is 1. The minimum Gasteiger partial charge on any atom is -0.491 e. The average molecular weight is 292 g/mol. The molecule has 0 spiro atoms. The average Bonchev–Trinajstić information content (AvgIpc) is 2.52. The molecule has 2 rings (SSSR count). The van der Waals surface area contributed by atoms with Gasteiger partial charge < -0.3 is 4.74 Å². The van der Waals surface area contributed by atoms with E-state index in [2.05, 4.69) is 18.8 Å². The normalized spacial score (nSPS) is 21.5. The number of rotatable bonds is 3. The van der Waals surface area contributed by atoms with Gasteiger partial charge in [-0.15, -0.1) is 0 Å². The Labute approximate surface area is 125 Å². The molecule has 0 radical (unpaired) electrons. The number of halogens is 2. The topological polar surface area (TPSA) is 9.23 Å². The van der Waals surface area contributed by atoms with Crippen molar-refractivity contribution in [3.05, 3.63) is 29.3 Å². The van der Waals surface area contributed by atoms with Gasteiger partial charge in [0.15, 0.2) is 11.6 Å². The van der Waals surface area contributed by atoms with Crippen LogP contribution in [0, 0.1) is 35.3 Å². The van der Waals surface area contributed by atoms with Crippen LogP contribution in [0.5, 0.6) is 5.75 Å². The van der Waals surface area contributed by atoms with Crippen LogP contribution in [0.4, 0.5) is 8.78 Å². The summed E-state index contributed by atoms with van der Waals surface area (Å²) in [6.45, 7) is 4.26. The van der Waals surface area contributed by atoms with Gasteiger partial charge in [0.1, 0.15) is 0 Å². The van der Waals surface area contributed by atoms with E-state index in [0.717, 1.165) is 18.8 Å². The Bertz CT molecular complexity index is 534. The van der Waals surface area contributed by atoms with Crippen molar-refractivity contribution in [3.8, 4) is 17.6 Å². The van der Waals surface area contributed by atoms with Crippen molar-refractivity contribution in [2.24, 2.45) is 11.8 Å². The van der Waals surface area contributed by atoms with Gasteiger partial charge in [0, 0.05) is 5.92 Å². The Hall–Kier alpha value is -1.56. The van der Waals surface area contributed by atoms with Gasteiger partial charge in [-0.1, -0.05) is 25.2 Å². The van der Waals surface area contributed by atoms with Crippen molar-refractivity contribution in [1.29, 1.82) is 0 Å². The van der Waals surface area contributed by atoms with Crippen LogP contribution in [0.2, 0.25) is 0 Å². The van der Waals surface area contributed by atoms with Crippen molar-refractivity contribution >= 4 is 0 Å². The molecule has 1 nitrogen and oxygen atoms in total. The summed E-state index contributed by atoms with van der Waals surface area (Å²) in [5, 5.41) is 0. The lowest BCUT2D eigenvalue weighted by Crippen LogP contribution is -2.12. The van der Waals surface area contributed by atoms with Gasteiger partial charge >= 0.3 is 0 Å². The van der Waals surface area contributed by atoms with Gasteiger partial charge in [0.2, 0.25) is 5.82 Å². The zero-order valence-corrected chi connectivity index (χ0v) is 12.7. The summed E-state index contributed by atoms with van der Waals surface area (Å²) in [6, 6.07) is 2.94. The van der Waals surface area contributed by atoms with E-state index in [1.165, 1.54) is 31.4 Å². The molecule has 0 heterocycles. The molecule has 0 unspecified atom stereocenters. The van der Waals surface area contributed by atoms with Crippen LogP contribution in [-0.2, 0) is 0 Å². The second-order valence-electron chi connectivity index (χ2n) is 5.57. The third kappa shape index (κ3) is 3.97. The van der Waals surface area contributed by atoms with E-state index in [0.29, 0.717) is 12.5 Å². The quantitative estimate of drug-likeness (QED) is 0.718. The molecule has 1 aliphatic rings. The lowest BCUT2D eigenvalue weighted by Gasteiger charge is -2.24. The second-order valence-corrected chi connectivity index (χ2v) is 5.57. The highest BCUT2D eigenvalue weighted by atomic mass is 19.2. The summed E-state index contributed by atoms with van der Waals surface area (Å²) in [5.74, 6) is 5.12. The molecular weight excluding hydrogens is 270 g/mol. The zero-order chi connectivity index (χ0) is 15.2. The molecule has 0 aromatic heterocycles. The molecule has 114 valence electrons. The fraction of sp³-hybridized carbons (Fsp3) is 0.556. The highest BCUT2D eigenvalue weighted by Gasteiger charge is 2.18. The molecule has 0 amide bonds. The lowest BCUT2D eigenvalue weighted by atomic mass is 9.81. The van der Waals surface area contributed by atoms with E-state index in [9.17, 15) is 8.78 Å².